The third-order valence-corrected chi connectivity index (χ3v) is 2.20. The summed E-state index contributed by atoms with van der Waals surface area (Å²) in [7, 11) is -3.55. The van der Waals surface area contributed by atoms with Gasteiger partial charge < -0.3 is 4.74 Å². The van der Waals surface area contributed by atoms with E-state index in [9.17, 15) is 17.2 Å². The Balaban J connectivity index is 2.96. The number of hydrogen-bond acceptors (Lipinski definition) is 4. The van der Waals surface area contributed by atoms with Gasteiger partial charge in [-0.15, -0.1) is 0 Å². The summed E-state index contributed by atoms with van der Waals surface area (Å²) in [6, 6.07) is 1.17. The van der Waals surface area contributed by atoms with Crippen molar-refractivity contribution >= 4 is 9.84 Å². The lowest BCUT2D eigenvalue weighted by atomic mass is 10.3. The maximum Gasteiger partial charge on any atom is 0.387 e. The highest BCUT2D eigenvalue weighted by Crippen LogP contribution is 2.21. The zero-order chi connectivity index (χ0) is 11.5. The van der Waals surface area contributed by atoms with Crippen molar-refractivity contribution in [1.82, 2.24) is 4.98 Å². The van der Waals surface area contributed by atoms with Crippen LogP contribution in [-0.2, 0) is 15.6 Å². The molecule has 83 valence electrons. The summed E-state index contributed by atoms with van der Waals surface area (Å²) in [5, 5.41) is 0. The minimum Gasteiger partial charge on any atom is -0.434 e. The normalized spacial score (nSPS) is 11.7. The van der Waals surface area contributed by atoms with Crippen molar-refractivity contribution in [3.63, 3.8) is 0 Å². The zero-order valence-electron chi connectivity index (χ0n) is 7.56. The van der Waals surface area contributed by atoms with Crippen LogP contribution < -0.4 is 4.74 Å². The molecule has 4 nitrogen and oxygen atoms in total. The lowest BCUT2D eigenvalue weighted by molar-refractivity contribution is -0.0503. The first kappa shape index (κ1) is 11.8. The van der Waals surface area contributed by atoms with Crippen LogP contribution in [-0.4, -0.2) is 20.0 Å². The molecule has 1 radical (unpaired) electrons. The van der Waals surface area contributed by atoms with E-state index in [0.29, 0.717) is 0 Å². The van der Waals surface area contributed by atoms with Crippen molar-refractivity contribution in [2.75, 3.05) is 0 Å². The SMILES string of the molecule is [CH2]S(=O)(=O)Cc1cnccc1OC(F)F. The van der Waals surface area contributed by atoms with Gasteiger partial charge in [0.05, 0.1) is 12.0 Å². The third kappa shape index (κ3) is 4.20. The van der Waals surface area contributed by atoms with Gasteiger partial charge in [-0.1, -0.05) is 0 Å². The standard InChI is InChI=1S/C8H8F2NO3S/c1-15(12,13)5-6-4-11-3-2-7(6)14-8(9)10/h2-4,8H,1,5H2. The number of aromatic nitrogens is 1. The van der Waals surface area contributed by atoms with Crippen LogP contribution in [0.3, 0.4) is 0 Å². The zero-order valence-corrected chi connectivity index (χ0v) is 8.38. The molecule has 0 saturated heterocycles. The molecule has 0 saturated carbocycles. The van der Waals surface area contributed by atoms with E-state index in [2.05, 4.69) is 16.0 Å². The van der Waals surface area contributed by atoms with Crippen molar-refractivity contribution in [3.8, 4) is 5.75 Å². The minimum absolute atomic E-state index is 0.0628. The lowest BCUT2D eigenvalue weighted by Gasteiger charge is -2.08. The Labute approximate surface area is 85.8 Å². The van der Waals surface area contributed by atoms with Crippen molar-refractivity contribution in [2.24, 2.45) is 0 Å². The summed E-state index contributed by atoms with van der Waals surface area (Å²) >= 11 is 0. The molecule has 1 heterocycles. The quantitative estimate of drug-likeness (QED) is 0.792. The van der Waals surface area contributed by atoms with E-state index in [1.165, 1.54) is 12.3 Å². The number of alkyl halides is 2. The molecule has 0 amide bonds. The van der Waals surface area contributed by atoms with Crippen molar-refractivity contribution in [2.45, 2.75) is 12.4 Å². The number of halogens is 2. The molecule has 0 aliphatic rings. The van der Waals surface area contributed by atoms with E-state index >= 15 is 0 Å². The molecule has 7 heteroatoms. The number of pyridine rings is 1. The second kappa shape index (κ2) is 4.52. The first-order valence-electron chi connectivity index (χ1n) is 3.82. The van der Waals surface area contributed by atoms with Gasteiger partial charge in [-0.3, -0.25) is 4.98 Å². The monoisotopic (exact) mass is 236 g/mol. The molecule has 1 rings (SSSR count). The van der Waals surface area contributed by atoms with Gasteiger partial charge in [0.15, 0.2) is 9.84 Å². The smallest absolute Gasteiger partial charge is 0.387 e. The van der Waals surface area contributed by atoms with E-state index in [1.54, 1.807) is 0 Å². The summed E-state index contributed by atoms with van der Waals surface area (Å²) in [4.78, 5) is 3.62. The van der Waals surface area contributed by atoms with Crippen LogP contribution in [0, 0.1) is 6.26 Å². The lowest BCUT2D eigenvalue weighted by Crippen LogP contribution is -2.07. The highest BCUT2D eigenvalue weighted by Gasteiger charge is 2.13. The van der Waals surface area contributed by atoms with Crippen LogP contribution in [0.4, 0.5) is 8.78 Å². The Morgan fingerprint density at radius 2 is 2.20 bits per heavy atom. The molecule has 0 aliphatic heterocycles. The van der Waals surface area contributed by atoms with E-state index in [1.807, 2.05) is 0 Å². The number of ether oxygens (including phenoxy) is 1. The van der Waals surface area contributed by atoms with Gasteiger partial charge in [-0.2, -0.15) is 8.78 Å². The molecule has 0 atom stereocenters. The molecule has 15 heavy (non-hydrogen) atoms. The van der Waals surface area contributed by atoms with Crippen molar-refractivity contribution < 1.29 is 21.9 Å². The van der Waals surface area contributed by atoms with Gasteiger partial charge in [0.25, 0.3) is 0 Å². The molecule has 1 aromatic heterocycles. The van der Waals surface area contributed by atoms with Gasteiger partial charge in [-0.25, -0.2) is 8.42 Å². The van der Waals surface area contributed by atoms with E-state index in [0.717, 1.165) is 6.20 Å². The largest absolute Gasteiger partial charge is 0.434 e. The number of hydrogen-bond donors (Lipinski definition) is 0. The van der Waals surface area contributed by atoms with E-state index in [4.69, 9.17) is 0 Å². The number of sulfone groups is 1. The molecule has 0 spiro atoms. The fourth-order valence-corrected chi connectivity index (χ4v) is 1.66. The summed E-state index contributed by atoms with van der Waals surface area (Å²) in [5.41, 5.74) is 0.0628. The predicted molar refractivity (Wildman–Crippen MR) is 48.8 cm³/mol. The maximum atomic E-state index is 11.9. The Bertz CT molecular complexity index is 433. The topological polar surface area (TPSA) is 56.3 Å². The second-order valence-electron chi connectivity index (χ2n) is 2.75. The molecule has 0 aromatic carbocycles. The Hall–Kier alpha value is -1.24. The van der Waals surface area contributed by atoms with Gasteiger partial charge in [0.1, 0.15) is 5.75 Å². The van der Waals surface area contributed by atoms with Gasteiger partial charge >= 0.3 is 6.61 Å². The fourth-order valence-electron chi connectivity index (χ4n) is 0.971. The summed E-state index contributed by atoms with van der Waals surface area (Å²) in [6.45, 7) is -3.00. The van der Waals surface area contributed by atoms with E-state index in [-0.39, 0.29) is 11.3 Å². The molecular weight excluding hydrogens is 228 g/mol. The molecule has 0 unspecified atom stereocenters. The van der Waals surface area contributed by atoms with Crippen LogP contribution in [0.1, 0.15) is 5.56 Å². The minimum atomic E-state index is -3.55. The summed E-state index contributed by atoms with van der Waals surface area (Å²) < 4.78 is 49.7. The molecule has 0 bridgehead atoms. The molecular formula is C8H8F2NO3S. The van der Waals surface area contributed by atoms with Crippen molar-refractivity contribution in [3.05, 3.63) is 30.3 Å². The highest BCUT2D eigenvalue weighted by atomic mass is 32.2. The second-order valence-corrected chi connectivity index (χ2v) is 4.53. The summed E-state index contributed by atoms with van der Waals surface area (Å²) in [6.07, 6.45) is 5.27. The number of rotatable bonds is 4. The summed E-state index contributed by atoms with van der Waals surface area (Å²) in [5.74, 6) is -0.685. The van der Waals surface area contributed by atoms with E-state index < -0.39 is 22.2 Å². The van der Waals surface area contributed by atoms with Gasteiger partial charge in [-0.05, 0) is 6.07 Å². The highest BCUT2D eigenvalue weighted by molar-refractivity contribution is 7.91. The fraction of sp³-hybridized carbons (Fsp3) is 0.250. The van der Waals surface area contributed by atoms with Crippen LogP contribution in [0.25, 0.3) is 0 Å². The van der Waals surface area contributed by atoms with Crippen LogP contribution >= 0.6 is 0 Å². The molecule has 0 fully saturated rings. The first-order chi connectivity index (χ1) is 6.88. The average molecular weight is 236 g/mol. The van der Waals surface area contributed by atoms with Gasteiger partial charge in [0, 0.05) is 18.0 Å². The third-order valence-electron chi connectivity index (χ3n) is 1.45. The van der Waals surface area contributed by atoms with Gasteiger partial charge in [0.2, 0.25) is 0 Å². The Morgan fingerprint density at radius 3 is 2.73 bits per heavy atom. The van der Waals surface area contributed by atoms with Crippen LogP contribution in [0.2, 0.25) is 0 Å². The Morgan fingerprint density at radius 1 is 1.53 bits per heavy atom. The van der Waals surface area contributed by atoms with Crippen molar-refractivity contribution in [1.29, 1.82) is 0 Å². The average Bonchev–Trinajstić information content (AvgIpc) is 2.05. The maximum absolute atomic E-state index is 11.9. The molecule has 1 aromatic rings. The molecule has 0 aliphatic carbocycles. The Kier molecular flexibility index (Phi) is 3.57. The van der Waals surface area contributed by atoms with Crippen LogP contribution in [0.15, 0.2) is 18.5 Å². The number of nitrogens with zero attached hydrogens (tertiary/aromatic N) is 1. The predicted octanol–water partition coefficient (Wildman–Crippen LogP) is 1.39. The first-order valence-corrected chi connectivity index (χ1v) is 5.64. The molecule has 0 N–H and O–H groups in total. The van der Waals surface area contributed by atoms with Crippen LogP contribution in [0.5, 0.6) is 5.75 Å².